The fourth-order valence-electron chi connectivity index (χ4n) is 3.72. The van der Waals surface area contributed by atoms with Gasteiger partial charge >= 0.3 is 0 Å². The van der Waals surface area contributed by atoms with Crippen molar-refractivity contribution in [2.24, 2.45) is 0 Å². The van der Waals surface area contributed by atoms with Crippen LogP contribution in [0.15, 0.2) is 84.9 Å². The van der Waals surface area contributed by atoms with Crippen LogP contribution in [-0.2, 0) is 13.2 Å². The summed E-state index contributed by atoms with van der Waals surface area (Å²) in [5.74, 6) is 1.66. The van der Waals surface area contributed by atoms with Crippen LogP contribution < -0.4 is 4.74 Å². The number of hydrogen-bond donors (Lipinski definition) is 0. The molecule has 148 valence electrons. The van der Waals surface area contributed by atoms with E-state index in [2.05, 4.69) is 28.8 Å². The molecule has 0 saturated heterocycles. The number of ether oxygens (including phenoxy) is 1. The third-order valence-electron chi connectivity index (χ3n) is 5.22. The Labute approximate surface area is 184 Å². The van der Waals surface area contributed by atoms with Crippen LogP contribution in [0.4, 0.5) is 0 Å². The summed E-state index contributed by atoms with van der Waals surface area (Å²) < 4.78 is 8.34. The van der Waals surface area contributed by atoms with Gasteiger partial charge in [0.1, 0.15) is 18.2 Å². The van der Waals surface area contributed by atoms with E-state index in [-0.39, 0.29) is 0 Å². The van der Waals surface area contributed by atoms with E-state index in [4.69, 9.17) is 32.9 Å². The zero-order valence-electron chi connectivity index (χ0n) is 16.1. The van der Waals surface area contributed by atoms with Crippen LogP contribution in [0.25, 0.3) is 21.8 Å². The highest BCUT2D eigenvalue weighted by Crippen LogP contribution is 2.29. The van der Waals surface area contributed by atoms with Crippen LogP contribution in [0.1, 0.15) is 11.4 Å². The quantitative estimate of drug-likeness (QED) is 0.295. The average Bonchev–Trinajstić information content (AvgIpc) is 3.12. The molecule has 0 atom stereocenters. The highest BCUT2D eigenvalue weighted by atomic mass is 35.5. The Morgan fingerprint density at radius 1 is 0.767 bits per heavy atom. The van der Waals surface area contributed by atoms with Crippen LogP contribution in [0.2, 0.25) is 10.0 Å². The van der Waals surface area contributed by atoms with Crippen LogP contribution in [0.3, 0.4) is 0 Å². The molecule has 30 heavy (non-hydrogen) atoms. The van der Waals surface area contributed by atoms with Gasteiger partial charge in [0.05, 0.1) is 17.6 Å². The molecule has 0 unspecified atom stereocenters. The van der Waals surface area contributed by atoms with Gasteiger partial charge in [0.15, 0.2) is 0 Å². The number of aromatic nitrogens is 2. The van der Waals surface area contributed by atoms with Gasteiger partial charge in [-0.05, 0) is 35.7 Å². The van der Waals surface area contributed by atoms with Gasteiger partial charge in [-0.2, -0.15) is 0 Å². The lowest BCUT2D eigenvalue weighted by Crippen LogP contribution is -2.09. The van der Waals surface area contributed by atoms with Crippen LogP contribution in [-0.4, -0.2) is 9.55 Å². The minimum Gasteiger partial charge on any atom is -0.485 e. The molecular formula is C25H18Cl2N2O. The van der Waals surface area contributed by atoms with Crippen molar-refractivity contribution in [2.75, 3.05) is 0 Å². The molecule has 1 aromatic heterocycles. The molecule has 0 aliphatic carbocycles. The zero-order valence-corrected chi connectivity index (χ0v) is 17.6. The number of rotatable bonds is 5. The van der Waals surface area contributed by atoms with Crippen molar-refractivity contribution in [3.8, 4) is 5.75 Å². The van der Waals surface area contributed by atoms with Crippen molar-refractivity contribution in [1.82, 2.24) is 9.55 Å². The summed E-state index contributed by atoms with van der Waals surface area (Å²) in [4.78, 5) is 4.82. The maximum absolute atomic E-state index is 6.44. The molecule has 0 saturated carbocycles. The number of hydrogen-bond acceptors (Lipinski definition) is 2. The first kappa shape index (κ1) is 19.0. The summed E-state index contributed by atoms with van der Waals surface area (Å²) in [6, 6.07) is 27.9. The normalized spacial score (nSPS) is 11.3. The van der Waals surface area contributed by atoms with Crippen molar-refractivity contribution in [1.29, 1.82) is 0 Å². The summed E-state index contributed by atoms with van der Waals surface area (Å²) in [5, 5.41) is 3.51. The average molecular weight is 433 g/mol. The number of para-hydroxylation sites is 2. The van der Waals surface area contributed by atoms with E-state index in [0.29, 0.717) is 23.2 Å². The maximum Gasteiger partial charge on any atom is 0.148 e. The number of halogens is 2. The maximum atomic E-state index is 6.44. The summed E-state index contributed by atoms with van der Waals surface area (Å²) in [7, 11) is 0. The number of nitrogens with zero attached hydrogens (tertiary/aromatic N) is 2. The Bertz CT molecular complexity index is 1330. The van der Waals surface area contributed by atoms with Crippen molar-refractivity contribution in [3.63, 3.8) is 0 Å². The predicted octanol–water partition coefficient (Wildman–Crippen LogP) is 7.12. The molecular weight excluding hydrogens is 415 g/mol. The van der Waals surface area contributed by atoms with E-state index < -0.39 is 0 Å². The molecule has 1 heterocycles. The van der Waals surface area contributed by atoms with E-state index in [1.807, 2.05) is 60.7 Å². The molecule has 0 amide bonds. The van der Waals surface area contributed by atoms with Gasteiger partial charge in [-0.3, -0.25) is 0 Å². The van der Waals surface area contributed by atoms with E-state index in [1.54, 1.807) is 0 Å². The Kier molecular flexibility index (Phi) is 5.07. The van der Waals surface area contributed by atoms with Gasteiger partial charge in [-0.1, -0.05) is 77.8 Å². The molecule has 0 radical (unpaired) electrons. The van der Waals surface area contributed by atoms with Crippen molar-refractivity contribution < 1.29 is 4.74 Å². The Hall–Kier alpha value is -3.01. The highest BCUT2D eigenvalue weighted by molar-refractivity contribution is 6.36. The molecule has 0 aliphatic rings. The molecule has 5 rings (SSSR count). The molecule has 0 N–H and O–H groups in total. The molecule has 5 aromatic rings. The molecule has 3 nitrogen and oxygen atoms in total. The minimum atomic E-state index is 0.338. The molecule has 4 aromatic carbocycles. The number of fused-ring (bicyclic) bond motifs is 2. The third-order valence-corrected chi connectivity index (χ3v) is 5.93. The first-order valence-corrected chi connectivity index (χ1v) is 10.4. The fraction of sp³-hybridized carbons (Fsp3) is 0.0800. The Morgan fingerprint density at radius 3 is 2.33 bits per heavy atom. The molecule has 5 heteroatoms. The summed E-state index contributed by atoms with van der Waals surface area (Å²) in [6.07, 6.45) is 0. The van der Waals surface area contributed by atoms with Crippen molar-refractivity contribution >= 4 is 45.0 Å². The number of imidazole rings is 1. The second-order valence-corrected chi connectivity index (χ2v) is 7.88. The lowest BCUT2D eigenvalue weighted by Gasteiger charge is -2.14. The second kappa shape index (κ2) is 8.02. The van der Waals surface area contributed by atoms with Gasteiger partial charge in [-0.25, -0.2) is 4.98 Å². The monoisotopic (exact) mass is 432 g/mol. The van der Waals surface area contributed by atoms with Gasteiger partial charge < -0.3 is 9.30 Å². The predicted molar refractivity (Wildman–Crippen MR) is 124 cm³/mol. The van der Waals surface area contributed by atoms with Crippen molar-refractivity contribution in [2.45, 2.75) is 13.2 Å². The second-order valence-electron chi connectivity index (χ2n) is 7.07. The van der Waals surface area contributed by atoms with E-state index in [9.17, 15) is 0 Å². The van der Waals surface area contributed by atoms with E-state index >= 15 is 0 Å². The van der Waals surface area contributed by atoms with E-state index in [1.165, 1.54) is 0 Å². The first-order valence-electron chi connectivity index (χ1n) is 9.68. The van der Waals surface area contributed by atoms with Crippen LogP contribution >= 0.6 is 23.2 Å². The Morgan fingerprint density at radius 2 is 1.47 bits per heavy atom. The highest BCUT2D eigenvalue weighted by Gasteiger charge is 2.15. The zero-order chi connectivity index (χ0) is 20.5. The minimum absolute atomic E-state index is 0.338. The first-order chi connectivity index (χ1) is 14.7. The number of benzene rings is 4. The van der Waals surface area contributed by atoms with Gasteiger partial charge in [0.2, 0.25) is 0 Å². The molecule has 0 aliphatic heterocycles. The van der Waals surface area contributed by atoms with Crippen molar-refractivity contribution in [3.05, 3.63) is 106 Å². The SMILES string of the molecule is Clc1cccc(Cl)c1Cn1c(COc2cccc3ccccc23)nc2ccccc21. The summed E-state index contributed by atoms with van der Waals surface area (Å²) >= 11 is 12.9. The molecule has 0 spiro atoms. The van der Waals surface area contributed by atoms with Gasteiger partial charge in [0.25, 0.3) is 0 Å². The summed E-state index contributed by atoms with van der Waals surface area (Å²) in [5.41, 5.74) is 2.80. The standard InChI is InChI=1S/C25H18Cl2N2O/c26-20-10-6-11-21(27)19(20)15-29-23-13-4-3-12-22(23)28-25(29)16-30-24-14-5-8-17-7-1-2-9-18(17)24/h1-14H,15-16H2. The lowest BCUT2D eigenvalue weighted by atomic mass is 10.1. The third kappa shape index (κ3) is 3.51. The molecule has 0 fully saturated rings. The largest absolute Gasteiger partial charge is 0.485 e. The van der Waals surface area contributed by atoms with E-state index in [0.717, 1.165) is 38.9 Å². The fourth-order valence-corrected chi connectivity index (χ4v) is 4.23. The van der Waals surface area contributed by atoms with Crippen LogP contribution in [0.5, 0.6) is 5.75 Å². The topological polar surface area (TPSA) is 27.1 Å². The van der Waals surface area contributed by atoms with Crippen LogP contribution in [0, 0.1) is 0 Å². The smallest absolute Gasteiger partial charge is 0.148 e. The van der Waals surface area contributed by atoms with Gasteiger partial charge in [-0.15, -0.1) is 0 Å². The lowest BCUT2D eigenvalue weighted by molar-refractivity contribution is 0.295. The molecule has 0 bridgehead atoms. The summed E-state index contributed by atoms with van der Waals surface area (Å²) in [6.45, 7) is 0.859. The van der Waals surface area contributed by atoms with Gasteiger partial charge in [0, 0.05) is 21.0 Å². The Balaban J connectivity index is 1.53.